The fourth-order valence-electron chi connectivity index (χ4n) is 2.88. The predicted octanol–water partition coefficient (Wildman–Crippen LogP) is 0.693. The molecule has 2 rings (SSSR count). The van der Waals surface area contributed by atoms with E-state index >= 15 is 0 Å². The van der Waals surface area contributed by atoms with E-state index in [4.69, 9.17) is 4.74 Å². The molecule has 2 saturated heterocycles. The Morgan fingerprint density at radius 3 is 2.56 bits per heavy atom. The molecule has 3 atom stereocenters. The first kappa shape index (κ1) is 13.8. The molecule has 0 saturated carbocycles. The van der Waals surface area contributed by atoms with Gasteiger partial charge in [-0.2, -0.15) is 0 Å². The maximum absolute atomic E-state index is 11.5. The minimum absolute atomic E-state index is 0.313. The molecule has 2 heterocycles. The molecule has 0 aromatic heterocycles. The first-order valence-corrected chi connectivity index (χ1v) is 6.90. The highest BCUT2D eigenvalue weighted by Crippen LogP contribution is 2.27. The third-order valence-electron chi connectivity index (χ3n) is 3.90. The molecule has 3 unspecified atom stereocenters. The van der Waals surface area contributed by atoms with E-state index in [1.165, 1.54) is 0 Å². The second kappa shape index (κ2) is 5.55. The monoisotopic (exact) mass is 256 g/mol. The van der Waals surface area contributed by atoms with Crippen LogP contribution in [0.15, 0.2) is 0 Å². The van der Waals surface area contributed by atoms with Crippen molar-refractivity contribution in [3.63, 3.8) is 0 Å². The minimum Gasteiger partial charge on any atom is -0.480 e. The molecule has 2 aliphatic heterocycles. The van der Waals surface area contributed by atoms with Gasteiger partial charge in [0.15, 0.2) is 0 Å². The Balaban J connectivity index is 1.94. The lowest BCUT2D eigenvalue weighted by atomic mass is 10.0. The molecule has 0 radical (unpaired) electrons. The van der Waals surface area contributed by atoms with Gasteiger partial charge in [0, 0.05) is 19.6 Å². The van der Waals surface area contributed by atoms with Gasteiger partial charge in [-0.05, 0) is 32.7 Å². The average Bonchev–Trinajstić information content (AvgIpc) is 2.66. The van der Waals surface area contributed by atoms with Gasteiger partial charge in [0.1, 0.15) is 5.54 Å². The van der Waals surface area contributed by atoms with Crippen molar-refractivity contribution in [3.8, 4) is 0 Å². The van der Waals surface area contributed by atoms with Crippen LogP contribution in [0.2, 0.25) is 0 Å². The average molecular weight is 256 g/mol. The number of nitrogens with one attached hydrogen (secondary N) is 1. The Morgan fingerprint density at radius 2 is 2.06 bits per heavy atom. The van der Waals surface area contributed by atoms with Crippen molar-refractivity contribution >= 4 is 5.97 Å². The molecule has 0 aromatic carbocycles. The lowest BCUT2D eigenvalue weighted by molar-refractivity contribution is -0.146. The van der Waals surface area contributed by atoms with Gasteiger partial charge < -0.3 is 15.2 Å². The molecule has 5 nitrogen and oxygen atoms in total. The zero-order valence-electron chi connectivity index (χ0n) is 11.3. The smallest absolute Gasteiger partial charge is 0.324 e. The number of morpholine rings is 1. The number of carboxylic acid groups (broad SMARTS) is 1. The van der Waals surface area contributed by atoms with Crippen LogP contribution in [0.4, 0.5) is 0 Å². The number of carboxylic acids is 1. The van der Waals surface area contributed by atoms with E-state index in [-0.39, 0.29) is 0 Å². The molecular formula is C13H24N2O3. The van der Waals surface area contributed by atoms with Crippen LogP contribution in [0.5, 0.6) is 0 Å². The largest absolute Gasteiger partial charge is 0.480 e. The van der Waals surface area contributed by atoms with E-state index in [2.05, 4.69) is 10.2 Å². The van der Waals surface area contributed by atoms with Crippen LogP contribution in [0, 0.1) is 0 Å². The van der Waals surface area contributed by atoms with Crippen LogP contribution in [0.25, 0.3) is 0 Å². The summed E-state index contributed by atoms with van der Waals surface area (Å²) in [6.45, 7) is 6.85. The number of nitrogens with zero attached hydrogens (tertiary/aromatic N) is 1. The highest BCUT2D eigenvalue weighted by Gasteiger charge is 2.39. The number of ether oxygens (including phenoxy) is 1. The normalized spacial score (nSPS) is 31.2. The third kappa shape index (κ3) is 3.02. The van der Waals surface area contributed by atoms with Gasteiger partial charge in [-0.15, -0.1) is 0 Å². The summed E-state index contributed by atoms with van der Waals surface area (Å²) in [5.74, 6) is -0.769. The summed E-state index contributed by atoms with van der Waals surface area (Å²) in [5, 5.41) is 12.6. The first-order valence-electron chi connectivity index (χ1n) is 6.90. The van der Waals surface area contributed by atoms with Crippen LogP contribution in [0.1, 0.15) is 33.1 Å². The highest BCUT2D eigenvalue weighted by atomic mass is 16.5. The first-order chi connectivity index (χ1) is 8.53. The zero-order valence-corrected chi connectivity index (χ0v) is 11.3. The van der Waals surface area contributed by atoms with Crippen molar-refractivity contribution in [3.05, 3.63) is 0 Å². The Morgan fingerprint density at radius 1 is 1.44 bits per heavy atom. The zero-order chi connectivity index (χ0) is 13.2. The third-order valence-corrected chi connectivity index (χ3v) is 3.90. The highest BCUT2D eigenvalue weighted by molar-refractivity contribution is 5.78. The number of hydrogen-bond acceptors (Lipinski definition) is 4. The van der Waals surface area contributed by atoms with E-state index in [1.54, 1.807) is 6.92 Å². The quantitative estimate of drug-likeness (QED) is 0.732. The van der Waals surface area contributed by atoms with Gasteiger partial charge in [0.05, 0.1) is 12.2 Å². The number of fused-ring (bicyclic) bond motifs is 2. The summed E-state index contributed by atoms with van der Waals surface area (Å²) in [4.78, 5) is 13.7. The maximum Gasteiger partial charge on any atom is 0.324 e. The van der Waals surface area contributed by atoms with Crippen LogP contribution in [0.3, 0.4) is 0 Å². The van der Waals surface area contributed by atoms with Crippen molar-refractivity contribution in [2.45, 2.75) is 50.9 Å². The summed E-state index contributed by atoms with van der Waals surface area (Å²) < 4.78 is 5.77. The number of carbonyl (C=O) groups is 1. The van der Waals surface area contributed by atoms with Gasteiger partial charge >= 0.3 is 5.97 Å². The van der Waals surface area contributed by atoms with Gasteiger partial charge in [0.25, 0.3) is 0 Å². The molecule has 2 N–H and O–H groups in total. The lowest BCUT2D eigenvalue weighted by Gasteiger charge is -2.37. The number of aliphatic carboxylic acids is 1. The van der Waals surface area contributed by atoms with Gasteiger partial charge in [-0.3, -0.25) is 9.69 Å². The van der Waals surface area contributed by atoms with E-state index in [0.717, 1.165) is 38.9 Å². The molecule has 5 heteroatoms. The Bertz CT molecular complexity index is 299. The number of likely N-dealkylation sites (tertiary alicyclic amines) is 1. The standard InChI is InChI=1S/C13H24N2O3/c1-3-6-14-13(2,12(16)17)9-15-7-10-4-5-11(8-15)18-10/h10-11,14H,3-9H2,1-2H3,(H,16,17). The molecule has 2 fully saturated rings. The summed E-state index contributed by atoms with van der Waals surface area (Å²) in [6.07, 6.45) is 3.80. The Hall–Kier alpha value is -0.650. The molecule has 2 bridgehead atoms. The predicted molar refractivity (Wildman–Crippen MR) is 68.7 cm³/mol. The van der Waals surface area contributed by atoms with E-state index in [1.807, 2.05) is 6.92 Å². The minimum atomic E-state index is -0.854. The number of rotatable bonds is 6. The molecule has 0 aromatic rings. The van der Waals surface area contributed by atoms with Gasteiger partial charge in [-0.25, -0.2) is 0 Å². The van der Waals surface area contributed by atoms with Crippen molar-refractivity contribution in [1.29, 1.82) is 0 Å². The fraction of sp³-hybridized carbons (Fsp3) is 0.923. The maximum atomic E-state index is 11.5. The molecule has 0 spiro atoms. The van der Waals surface area contributed by atoms with Crippen molar-refractivity contribution in [2.75, 3.05) is 26.2 Å². The summed E-state index contributed by atoms with van der Waals surface area (Å²) in [7, 11) is 0. The fourth-order valence-corrected chi connectivity index (χ4v) is 2.88. The van der Waals surface area contributed by atoms with Crippen LogP contribution in [-0.2, 0) is 9.53 Å². The van der Waals surface area contributed by atoms with Crippen molar-refractivity contribution in [2.24, 2.45) is 0 Å². The summed E-state index contributed by atoms with van der Waals surface area (Å²) in [5.41, 5.74) is -0.854. The van der Waals surface area contributed by atoms with E-state index in [0.29, 0.717) is 18.8 Å². The van der Waals surface area contributed by atoms with E-state index in [9.17, 15) is 9.90 Å². The molecule has 18 heavy (non-hydrogen) atoms. The molecule has 0 aliphatic carbocycles. The lowest BCUT2D eigenvalue weighted by Crippen LogP contribution is -2.59. The molecule has 104 valence electrons. The van der Waals surface area contributed by atoms with Crippen LogP contribution >= 0.6 is 0 Å². The van der Waals surface area contributed by atoms with Crippen molar-refractivity contribution in [1.82, 2.24) is 10.2 Å². The van der Waals surface area contributed by atoms with Gasteiger partial charge in [0.2, 0.25) is 0 Å². The Labute approximate surface area is 108 Å². The van der Waals surface area contributed by atoms with E-state index < -0.39 is 11.5 Å². The molecular weight excluding hydrogens is 232 g/mol. The number of hydrogen-bond donors (Lipinski definition) is 2. The van der Waals surface area contributed by atoms with Crippen LogP contribution < -0.4 is 5.32 Å². The van der Waals surface area contributed by atoms with Crippen molar-refractivity contribution < 1.29 is 14.6 Å². The second-order valence-electron chi connectivity index (χ2n) is 5.72. The second-order valence-corrected chi connectivity index (χ2v) is 5.72. The Kier molecular flexibility index (Phi) is 4.25. The van der Waals surface area contributed by atoms with Crippen LogP contribution in [-0.4, -0.2) is 59.9 Å². The topological polar surface area (TPSA) is 61.8 Å². The molecule has 0 amide bonds. The summed E-state index contributed by atoms with van der Waals surface area (Å²) in [6, 6.07) is 0. The summed E-state index contributed by atoms with van der Waals surface area (Å²) >= 11 is 0. The molecule has 2 aliphatic rings. The van der Waals surface area contributed by atoms with Gasteiger partial charge in [-0.1, -0.05) is 6.92 Å². The SMILES string of the molecule is CCCNC(C)(CN1CC2CCC(C1)O2)C(=O)O.